The van der Waals surface area contributed by atoms with Crippen molar-refractivity contribution in [2.45, 2.75) is 9.79 Å². The maximum absolute atomic E-state index is 16.1. The van der Waals surface area contributed by atoms with Gasteiger partial charge in [-0.15, -0.1) is 0 Å². The first kappa shape index (κ1) is 58.4. The van der Waals surface area contributed by atoms with Gasteiger partial charge >= 0.3 is 0 Å². The van der Waals surface area contributed by atoms with E-state index in [1.165, 1.54) is 0 Å². The fourth-order valence-electron chi connectivity index (χ4n) is 14.3. The van der Waals surface area contributed by atoms with Gasteiger partial charge in [0.15, 0.2) is 17.5 Å². The fraction of sp³-hybridized carbons (Fsp3) is 0. The molecule has 4 heterocycles. The number of hydrogen-bond donors (Lipinski definition) is 0. The summed E-state index contributed by atoms with van der Waals surface area (Å²) in [5.41, 5.74) is 20.1. The van der Waals surface area contributed by atoms with Crippen molar-refractivity contribution in [1.82, 2.24) is 15.0 Å². The summed E-state index contributed by atoms with van der Waals surface area (Å²) in [6, 6.07) is 122. The lowest BCUT2D eigenvalue weighted by Gasteiger charge is -2.46. The van der Waals surface area contributed by atoms with Crippen molar-refractivity contribution in [3.05, 3.63) is 358 Å². The molecule has 18 rings (SSSR count). The Hall–Kier alpha value is -13.2. The summed E-state index contributed by atoms with van der Waals surface area (Å²) in [7, 11) is -4.35. The van der Waals surface area contributed by atoms with Crippen molar-refractivity contribution in [2.75, 3.05) is 29.4 Å². The SMILES string of the molecule is O=S(=O)(c1ccccc1)c1cc(-c2cc(N3c4ccccc4N(c4ccccc4)c4ccccc43)c(N3c4ccccc4N(c4ccccc4)c4ccccc43)c(N3c4ccccc4N(c4ccccc4)c4ccccc43)c2)ccc1-c1nc(-c2ccccc2)nc(-c2ccccc2)n1. The number of para-hydroxylation sites is 15. The van der Waals surface area contributed by atoms with E-state index in [0.717, 1.165) is 119 Å². The molecule has 15 aromatic rings. The molecule has 3 aliphatic heterocycles. The first-order chi connectivity index (χ1) is 48.9. The molecule has 14 aromatic carbocycles. The Morgan fingerprint density at radius 1 is 0.212 bits per heavy atom. The highest BCUT2D eigenvalue weighted by atomic mass is 32.2. The zero-order valence-corrected chi connectivity index (χ0v) is 54.1. The van der Waals surface area contributed by atoms with E-state index in [1.54, 1.807) is 24.3 Å². The number of sulfone groups is 1. The van der Waals surface area contributed by atoms with Gasteiger partial charge < -0.3 is 29.4 Å². The molecule has 11 nitrogen and oxygen atoms in total. The molecule has 99 heavy (non-hydrogen) atoms. The van der Waals surface area contributed by atoms with Gasteiger partial charge in [0.1, 0.15) is 0 Å². The molecule has 0 fully saturated rings. The third kappa shape index (κ3) is 9.95. The van der Waals surface area contributed by atoms with Gasteiger partial charge in [0.2, 0.25) is 9.84 Å². The van der Waals surface area contributed by atoms with Gasteiger partial charge in [-0.1, -0.05) is 212 Å². The number of aromatic nitrogens is 3. The second-order valence-electron chi connectivity index (χ2n) is 24.4. The second kappa shape index (κ2) is 24.2. The van der Waals surface area contributed by atoms with Gasteiger partial charge in [-0.25, -0.2) is 23.4 Å². The quantitative estimate of drug-likeness (QED) is 0.117. The molecular weight excluding hydrogens is 1240 g/mol. The van der Waals surface area contributed by atoms with Gasteiger partial charge in [-0.2, -0.15) is 0 Å². The van der Waals surface area contributed by atoms with Crippen LogP contribution in [0.2, 0.25) is 0 Å². The van der Waals surface area contributed by atoms with Gasteiger partial charge in [0.25, 0.3) is 0 Å². The molecule has 0 atom stereocenters. The van der Waals surface area contributed by atoms with Crippen molar-refractivity contribution in [3.8, 4) is 45.3 Å². The maximum atomic E-state index is 16.1. The highest BCUT2D eigenvalue weighted by Crippen LogP contribution is 2.65. The Bertz CT molecular complexity index is 5340. The van der Waals surface area contributed by atoms with Gasteiger partial charge in [0.05, 0.1) is 95.1 Å². The lowest BCUT2D eigenvalue weighted by molar-refractivity contribution is 0.596. The maximum Gasteiger partial charge on any atom is 0.207 e. The molecule has 0 amide bonds. The van der Waals surface area contributed by atoms with E-state index in [9.17, 15) is 0 Å². The largest absolute Gasteiger partial charge is 0.306 e. The smallest absolute Gasteiger partial charge is 0.207 e. The van der Waals surface area contributed by atoms with E-state index in [4.69, 9.17) is 15.0 Å². The molecule has 1 aromatic heterocycles. The average molecular weight is 1290 g/mol. The standard InChI is InChI=1S/C87H59N9O2S/c97-99(98,67-41-17-6-18-42-67)83-59-62(55-56-68(83)87-89-85(60-31-7-1-8-32-60)88-86(90-87)61-33-9-2-10-34-61)63-57-81(94-75-49-25-19-43-69(75)91(64-35-11-3-12-36-64)70-44-20-26-50-76(70)94)84(96-79-53-29-23-47-73(79)93(66-39-15-5-16-40-66)74-48-24-30-54-80(74)96)82(58-63)95-77-51-27-21-45-71(77)92(65-37-13-4-14-38-65)72-46-22-28-52-78(72)95/h1-59H. The van der Waals surface area contributed by atoms with E-state index in [1.807, 2.05) is 84.9 Å². The molecule has 3 aliphatic rings. The fourth-order valence-corrected chi connectivity index (χ4v) is 15.8. The number of hydrogen-bond acceptors (Lipinski definition) is 11. The predicted octanol–water partition coefficient (Wildman–Crippen LogP) is 23.1. The Morgan fingerprint density at radius 3 is 0.818 bits per heavy atom. The zero-order valence-electron chi connectivity index (χ0n) is 53.3. The Labute approximate surface area is 574 Å². The van der Waals surface area contributed by atoms with Crippen molar-refractivity contribution in [2.24, 2.45) is 0 Å². The first-order valence-electron chi connectivity index (χ1n) is 32.9. The van der Waals surface area contributed by atoms with Crippen LogP contribution < -0.4 is 29.4 Å². The summed E-state index contributed by atoms with van der Waals surface area (Å²) in [5.74, 6) is 1.02. The van der Waals surface area contributed by atoms with Gasteiger partial charge in [0, 0.05) is 33.8 Å². The van der Waals surface area contributed by atoms with Crippen molar-refractivity contribution in [3.63, 3.8) is 0 Å². The third-order valence-corrected chi connectivity index (χ3v) is 20.4. The first-order valence-corrected chi connectivity index (χ1v) is 34.4. The molecule has 0 bridgehead atoms. The summed E-state index contributed by atoms with van der Waals surface area (Å²) >= 11 is 0. The van der Waals surface area contributed by atoms with Crippen molar-refractivity contribution >= 4 is 112 Å². The third-order valence-electron chi connectivity index (χ3n) is 18.6. The minimum absolute atomic E-state index is 0.0295. The molecule has 0 spiro atoms. The molecule has 12 heteroatoms. The van der Waals surface area contributed by atoms with E-state index >= 15 is 8.42 Å². The minimum atomic E-state index is -4.35. The summed E-state index contributed by atoms with van der Waals surface area (Å²) in [4.78, 5) is 29.8. The highest BCUT2D eigenvalue weighted by Gasteiger charge is 2.41. The van der Waals surface area contributed by atoms with Gasteiger partial charge in [-0.3, -0.25) is 0 Å². The van der Waals surface area contributed by atoms with Crippen LogP contribution in [0.25, 0.3) is 45.3 Å². The van der Waals surface area contributed by atoms with Crippen LogP contribution in [0.5, 0.6) is 0 Å². The summed E-state index contributed by atoms with van der Waals surface area (Å²) in [5, 5.41) is 0. The van der Waals surface area contributed by atoms with Crippen molar-refractivity contribution in [1.29, 1.82) is 0 Å². The molecule has 0 saturated carbocycles. The van der Waals surface area contributed by atoms with Crippen LogP contribution in [-0.2, 0) is 9.84 Å². The highest BCUT2D eigenvalue weighted by molar-refractivity contribution is 7.91. The number of anilines is 18. The van der Waals surface area contributed by atoms with Crippen LogP contribution in [-0.4, -0.2) is 23.4 Å². The molecule has 0 aliphatic carbocycles. The second-order valence-corrected chi connectivity index (χ2v) is 26.3. The van der Waals surface area contributed by atoms with Crippen LogP contribution in [0.15, 0.2) is 368 Å². The monoisotopic (exact) mass is 1290 g/mol. The normalized spacial score (nSPS) is 12.8. The van der Waals surface area contributed by atoms with Crippen LogP contribution >= 0.6 is 0 Å². The van der Waals surface area contributed by atoms with Crippen LogP contribution in [0, 0.1) is 0 Å². The van der Waals surface area contributed by atoms with E-state index < -0.39 is 9.84 Å². The number of rotatable bonds is 12. The Morgan fingerprint density at radius 2 is 0.485 bits per heavy atom. The number of nitrogens with zero attached hydrogens (tertiary/aromatic N) is 9. The molecule has 0 radical (unpaired) electrons. The zero-order chi connectivity index (χ0) is 66.0. The molecule has 0 unspecified atom stereocenters. The lowest BCUT2D eigenvalue weighted by Crippen LogP contribution is -2.30. The van der Waals surface area contributed by atoms with Crippen LogP contribution in [0.1, 0.15) is 0 Å². The van der Waals surface area contributed by atoms with E-state index in [-0.39, 0.29) is 15.6 Å². The Kier molecular flexibility index (Phi) is 14.3. The van der Waals surface area contributed by atoms with E-state index in [0.29, 0.717) is 22.8 Å². The van der Waals surface area contributed by atoms with Crippen molar-refractivity contribution < 1.29 is 8.42 Å². The Balaban J connectivity index is 0.983. The molecular formula is C87H59N9O2S. The molecule has 470 valence electrons. The lowest BCUT2D eigenvalue weighted by atomic mass is 9.95. The van der Waals surface area contributed by atoms with Gasteiger partial charge in [-0.05, 0) is 157 Å². The van der Waals surface area contributed by atoms with E-state index in [2.05, 4.69) is 278 Å². The summed E-state index contributed by atoms with van der Waals surface area (Å²) < 4.78 is 32.2. The number of fused-ring (bicyclic) bond motifs is 6. The summed E-state index contributed by atoms with van der Waals surface area (Å²) in [6.07, 6.45) is 0. The number of benzene rings is 14. The topological polar surface area (TPSA) is 92.3 Å². The average Bonchev–Trinajstić information content (AvgIpc) is 0.705. The summed E-state index contributed by atoms with van der Waals surface area (Å²) in [6.45, 7) is 0. The molecule has 0 N–H and O–H groups in total. The molecule has 0 saturated heterocycles. The van der Waals surface area contributed by atoms with Crippen LogP contribution in [0.3, 0.4) is 0 Å². The minimum Gasteiger partial charge on any atom is -0.306 e. The predicted molar refractivity (Wildman–Crippen MR) is 402 cm³/mol. The van der Waals surface area contributed by atoms with Crippen LogP contribution in [0.4, 0.5) is 102 Å².